The summed E-state index contributed by atoms with van der Waals surface area (Å²) in [4.78, 5) is 14.4. The van der Waals surface area contributed by atoms with E-state index >= 15 is 0 Å². The minimum absolute atomic E-state index is 0.309. The van der Waals surface area contributed by atoms with Crippen molar-refractivity contribution >= 4 is 29.0 Å². The van der Waals surface area contributed by atoms with Crippen molar-refractivity contribution in [1.29, 1.82) is 0 Å². The number of allylic oxidation sites excluding steroid dienone is 1. The molecule has 0 unspecified atom stereocenters. The molecule has 0 aromatic heterocycles. The first-order valence-electron chi connectivity index (χ1n) is 8.39. The van der Waals surface area contributed by atoms with Crippen molar-refractivity contribution in [3.63, 3.8) is 0 Å². The Kier molecular flexibility index (Phi) is 5.51. The lowest BCUT2D eigenvalue weighted by atomic mass is 9.93. The number of nitrogens with zero attached hydrogens (tertiary/aromatic N) is 1. The van der Waals surface area contributed by atoms with Crippen molar-refractivity contribution in [1.82, 2.24) is 5.32 Å². The molecular formula is C20H18F2N2O2S. The van der Waals surface area contributed by atoms with Gasteiger partial charge in [0, 0.05) is 11.4 Å². The SMILES string of the molecule is CCC1=C(C(=O)OC)[C@@H](c2ccc(F)c(F)c2)NC(=S)N1c1ccccc1. The topological polar surface area (TPSA) is 41.6 Å². The number of halogens is 2. The lowest BCUT2D eigenvalue weighted by molar-refractivity contribution is -0.136. The monoisotopic (exact) mass is 388 g/mol. The molecule has 1 aliphatic heterocycles. The third-order valence-electron chi connectivity index (χ3n) is 4.37. The lowest BCUT2D eigenvalue weighted by Crippen LogP contribution is -2.48. The van der Waals surface area contributed by atoms with Gasteiger partial charge in [0.15, 0.2) is 16.7 Å². The molecule has 27 heavy (non-hydrogen) atoms. The molecule has 7 heteroatoms. The number of hydrogen-bond donors (Lipinski definition) is 1. The number of carbonyl (C=O) groups excluding carboxylic acids is 1. The quantitative estimate of drug-likeness (QED) is 0.627. The van der Waals surface area contributed by atoms with E-state index in [4.69, 9.17) is 17.0 Å². The number of anilines is 1. The second-order valence-electron chi connectivity index (χ2n) is 5.93. The molecule has 0 saturated heterocycles. The predicted octanol–water partition coefficient (Wildman–Crippen LogP) is 4.24. The van der Waals surface area contributed by atoms with Crippen molar-refractivity contribution in [3.05, 3.63) is 77.0 Å². The minimum atomic E-state index is -0.993. The van der Waals surface area contributed by atoms with Gasteiger partial charge in [0.25, 0.3) is 0 Å². The maximum atomic E-state index is 13.8. The van der Waals surface area contributed by atoms with E-state index in [1.165, 1.54) is 13.2 Å². The van der Waals surface area contributed by atoms with Gasteiger partial charge in [0.2, 0.25) is 0 Å². The van der Waals surface area contributed by atoms with Gasteiger partial charge in [-0.1, -0.05) is 31.2 Å². The third-order valence-corrected chi connectivity index (χ3v) is 4.67. The van der Waals surface area contributed by atoms with Gasteiger partial charge < -0.3 is 10.1 Å². The summed E-state index contributed by atoms with van der Waals surface area (Å²) in [6.07, 6.45) is 0.487. The summed E-state index contributed by atoms with van der Waals surface area (Å²) < 4.78 is 32.1. The Balaban J connectivity index is 2.19. The summed E-state index contributed by atoms with van der Waals surface area (Å²) in [7, 11) is 1.28. The number of hydrogen-bond acceptors (Lipinski definition) is 3. The number of carbonyl (C=O) groups is 1. The molecule has 1 N–H and O–H groups in total. The normalized spacial score (nSPS) is 17.0. The number of ether oxygens (including phenoxy) is 1. The molecule has 4 nitrogen and oxygen atoms in total. The van der Waals surface area contributed by atoms with Crippen LogP contribution in [0, 0.1) is 11.6 Å². The first kappa shape index (κ1) is 19.0. The zero-order valence-electron chi connectivity index (χ0n) is 14.8. The Morgan fingerprint density at radius 3 is 2.48 bits per heavy atom. The Morgan fingerprint density at radius 2 is 1.89 bits per heavy atom. The summed E-state index contributed by atoms with van der Waals surface area (Å²) in [5.41, 5.74) is 2.13. The van der Waals surface area contributed by atoms with Crippen LogP contribution in [0.3, 0.4) is 0 Å². The molecule has 3 rings (SSSR count). The van der Waals surface area contributed by atoms with Crippen LogP contribution in [-0.4, -0.2) is 18.2 Å². The number of esters is 1. The van der Waals surface area contributed by atoms with E-state index < -0.39 is 23.6 Å². The first-order valence-corrected chi connectivity index (χ1v) is 8.80. The lowest BCUT2D eigenvalue weighted by Gasteiger charge is -2.38. The maximum Gasteiger partial charge on any atom is 0.337 e. The zero-order chi connectivity index (χ0) is 19.6. The van der Waals surface area contributed by atoms with Crippen LogP contribution in [0.15, 0.2) is 59.8 Å². The molecule has 0 amide bonds. The van der Waals surface area contributed by atoms with Gasteiger partial charge in [-0.15, -0.1) is 0 Å². The molecule has 2 aromatic rings. The second kappa shape index (κ2) is 7.84. The number of benzene rings is 2. The molecule has 0 saturated carbocycles. The van der Waals surface area contributed by atoms with Gasteiger partial charge >= 0.3 is 5.97 Å². The van der Waals surface area contributed by atoms with Gasteiger partial charge in [0.05, 0.1) is 18.7 Å². The summed E-state index contributed by atoms with van der Waals surface area (Å²) in [6.45, 7) is 1.89. The van der Waals surface area contributed by atoms with Crippen molar-refractivity contribution < 1.29 is 18.3 Å². The summed E-state index contributed by atoms with van der Waals surface area (Å²) >= 11 is 5.52. The molecular weight excluding hydrogens is 370 g/mol. The van der Waals surface area contributed by atoms with Crippen LogP contribution in [0.2, 0.25) is 0 Å². The minimum Gasteiger partial charge on any atom is -0.466 e. The number of rotatable bonds is 4. The van der Waals surface area contributed by atoms with Crippen LogP contribution in [0.5, 0.6) is 0 Å². The highest BCUT2D eigenvalue weighted by Gasteiger charge is 2.36. The Morgan fingerprint density at radius 1 is 1.19 bits per heavy atom. The van der Waals surface area contributed by atoms with Crippen molar-refractivity contribution in [2.75, 3.05) is 12.0 Å². The molecule has 2 aromatic carbocycles. The Labute approximate surface area is 161 Å². The van der Waals surface area contributed by atoms with Crippen LogP contribution in [-0.2, 0) is 9.53 Å². The van der Waals surface area contributed by atoms with Crippen LogP contribution in [0.25, 0.3) is 0 Å². The highest BCUT2D eigenvalue weighted by atomic mass is 32.1. The van der Waals surface area contributed by atoms with Crippen LogP contribution in [0.1, 0.15) is 24.9 Å². The molecule has 0 bridgehead atoms. The van der Waals surface area contributed by atoms with E-state index in [2.05, 4.69) is 5.32 Å². The van der Waals surface area contributed by atoms with Crippen molar-refractivity contribution in [2.24, 2.45) is 0 Å². The fourth-order valence-electron chi connectivity index (χ4n) is 3.16. The van der Waals surface area contributed by atoms with Crippen molar-refractivity contribution in [2.45, 2.75) is 19.4 Å². The standard InChI is InChI=1S/C20H18F2N2O2S/c1-3-16-17(19(25)26-2)18(12-9-10-14(21)15(22)11-12)23-20(27)24(16)13-7-5-4-6-8-13/h4-11,18H,3H2,1-2H3,(H,23,27)/t18-/m1/s1. The largest absolute Gasteiger partial charge is 0.466 e. The van der Waals surface area contributed by atoms with Crippen LogP contribution in [0.4, 0.5) is 14.5 Å². The van der Waals surface area contributed by atoms with E-state index in [9.17, 15) is 13.6 Å². The van der Waals surface area contributed by atoms with E-state index in [-0.39, 0.29) is 0 Å². The number of nitrogens with one attached hydrogen (secondary N) is 1. The highest BCUT2D eigenvalue weighted by molar-refractivity contribution is 7.80. The number of para-hydroxylation sites is 1. The van der Waals surface area contributed by atoms with Gasteiger partial charge in [0.1, 0.15) is 0 Å². The molecule has 0 spiro atoms. The average Bonchev–Trinajstić information content (AvgIpc) is 2.69. The average molecular weight is 388 g/mol. The Bertz CT molecular complexity index is 915. The maximum absolute atomic E-state index is 13.8. The third kappa shape index (κ3) is 3.55. The molecule has 0 aliphatic carbocycles. The fourth-order valence-corrected chi connectivity index (χ4v) is 3.49. The second-order valence-corrected chi connectivity index (χ2v) is 6.32. The van der Waals surface area contributed by atoms with Gasteiger partial charge in [-0.25, -0.2) is 13.6 Å². The predicted molar refractivity (Wildman–Crippen MR) is 103 cm³/mol. The molecule has 0 radical (unpaired) electrons. The Hall–Kier alpha value is -2.80. The first-order chi connectivity index (χ1) is 13.0. The summed E-state index contributed by atoms with van der Waals surface area (Å²) in [5, 5.41) is 3.43. The van der Waals surface area contributed by atoms with E-state index in [1.807, 2.05) is 37.3 Å². The molecule has 140 valence electrons. The van der Waals surface area contributed by atoms with Gasteiger partial charge in [-0.2, -0.15) is 0 Å². The summed E-state index contributed by atoms with van der Waals surface area (Å²) in [6, 6.07) is 12.1. The number of methoxy groups -OCH3 is 1. The van der Waals surface area contributed by atoms with E-state index in [0.717, 1.165) is 17.8 Å². The summed E-state index contributed by atoms with van der Waals surface area (Å²) in [5.74, 6) is -2.51. The smallest absolute Gasteiger partial charge is 0.337 e. The molecule has 1 atom stereocenters. The van der Waals surface area contributed by atoms with E-state index in [0.29, 0.717) is 28.4 Å². The number of thiocarbonyl (C=S) groups is 1. The van der Waals surface area contributed by atoms with Crippen LogP contribution < -0.4 is 10.2 Å². The molecule has 1 heterocycles. The van der Waals surface area contributed by atoms with Crippen molar-refractivity contribution in [3.8, 4) is 0 Å². The molecule has 0 fully saturated rings. The van der Waals surface area contributed by atoms with E-state index in [1.54, 1.807) is 4.90 Å². The van der Waals surface area contributed by atoms with Gasteiger partial charge in [-0.05, 0) is 48.5 Å². The highest BCUT2D eigenvalue weighted by Crippen LogP contribution is 2.35. The zero-order valence-corrected chi connectivity index (χ0v) is 15.6. The fraction of sp³-hybridized carbons (Fsp3) is 0.200. The van der Waals surface area contributed by atoms with Gasteiger partial charge in [-0.3, -0.25) is 4.90 Å². The van der Waals surface area contributed by atoms with Crippen LogP contribution >= 0.6 is 12.2 Å². The molecule has 1 aliphatic rings.